The summed E-state index contributed by atoms with van der Waals surface area (Å²) in [7, 11) is 0. The molecule has 0 heterocycles. The van der Waals surface area contributed by atoms with Gasteiger partial charge in [0.2, 0.25) is 0 Å². The Kier molecular flexibility index (Phi) is 3.23. The third kappa shape index (κ3) is 1.99. The van der Waals surface area contributed by atoms with Crippen LogP contribution in [0.15, 0.2) is 52.1 Å². The van der Waals surface area contributed by atoms with Gasteiger partial charge in [0.15, 0.2) is 10.9 Å². The molecule has 26 heavy (non-hydrogen) atoms. The summed E-state index contributed by atoms with van der Waals surface area (Å²) in [6.07, 6.45) is 0. The normalized spacial score (nSPS) is 11.2. The number of carboxylic acids is 2. The third-order valence-corrected chi connectivity index (χ3v) is 4.42. The predicted molar refractivity (Wildman–Crippen MR) is 95.4 cm³/mol. The van der Waals surface area contributed by atoms with E-state index >= 15 is 0 Å². The van der Waals surface area contributed by atoms with Crippen LogP contribution in [0.2, 0.25) is 0 Å². The molecule has 0 fully saturated rings. The van der Waals surface area contributed by atoms with Gasteiger partial charge in [-0.2, -0.15) is 0 Å². The summed E-state index contributed by atoms with van der Waals surface area (Å²) in [6, 6.07) is 12.7. The quantitative estimate of drug-likeness (QED) is 0.578. The Balaban J connectivity index is 2.59. The molecule has 0 aliphatic heterocycles. The van der Waals surface area contributed by atoms with Gasteiger partial charge in [-0.15, -0.1) is 0 Å². The Morgan fingerprint density at radius 2 is 1.27 bits per heavy atom. The second-order valence-corrected chi connectivity index (χ2v) is 5.80. The van der Waals surface area contributed by atoms with Crippen molar-refractivity contribution in [3.05, 3.63) is 80.1 Å². The number of carboxylic acid groups (broad SMARTS) is 2. The zero-order valence-corrected chi connectivity index (χ0v) is 13.1. The standard InChI is InChI=1S/C20H9O6/c21-17-9-5-7-10(8-6-9)18(22)16-14(20(25)26)12-4-2-1-3-11(12)13(15(16)17)19(23)24/h1-3,5-8H,(H,23,24)(H,25,26). The van der Waals surface area contributed by atoms with Gasteiger partial charge in [0.25, 0.3) is 0 Å². The molecule has 0 saturated heterocycles. The number of carbonyl (C=O) groups is 2. The van der Waals surface area contributed by atoms with Crippen LogP contribution in [0.25, 0.3) is 32.3 Å². The first-order chi connectivity index (χ1) is 12.4. The van der Waals surface area contributed by atoms with Crippen LogP contribution in [0.5, 0.6) is 0 Å². The van der Waals surface area contributed by atoms with Crippen LogP contribution >= 0.6 is 0 Å². The molecule has 125 valence electrons. The smallest absolute Gasteiger partial charge is 0.337 e. The molecule has 0 aliphatic rings. The maximum absolute atomic E-state index is 13.0. The summed E-state index contributed by atoms with van der Waals surface area (Å²) < 4.78 is 0. The van der Waals surface area contributed by atoms with E-state index in [-0.39, 0.29) is 21.5 Å². The molecule has 2 bridgehead atoms. The van der Waals surface area contributed by atoms with Crippen LogP contribution < -0.4 is 10.9 Å². The Hall–Kier alpha value is -3.80. The molecule has 1 radical (unpaired) electrons. The van der Waals surface area contributed by atoms with E-state index in [0.717, 1.165) is 0 Å². The SMILES string of the molecule is O=C(O)c1c2[c]cccc2c(C(=O)O)c2c(=O)c3ccc(cc3)c(=O)c12. The third-order valence-electron chi connectivity index (χ3n) is 4.42. The molecule has 0 unspecified atom stereocenters. The van der Waals surface area contributed by atoms with E-state index in [2.05, 4.69) is 6.07 Å². The molecule has 5 aromatic carbocycles. The maximum atomic E-state index is 13.0. The van der Waals surface area contributed by atoms with Crippen molar-refractivity contribution in [3.8, 4) is 0 Å². The highest BCUT2D eigenvalue weighted by atomic mass is 16.4. The first-order valence-corrected chi connectivity index (χ1v) is 7.58. The van der Waals surface area contributed by atoms with E-state index in [9.17, 15) is 29.4 Å². The van der Waals surface area contributed by atoms with Crippen molar-refractivity contribution in [2.45, 2.75) is 0 Å². The maximum Gasteiger partial charge on any atom is 0.337 e. The van der Waals surface area contributed by atoms with E-state index in [1.54, 1.807) is 0 Å². The van der Waals surface area contributed by atoms with Gasteiger partial charge in [-0.25, -0.2) is 9.59 Å². The second-order valence-electron chi connectivity index (χ2n) is 5.80. The fraction of sp³-hybridized carbons (Fsp3) is 0. The largest absolute Gasteiger partial charge is 0.478 e. The van der Waals surface area contributed by atoms with Crippen LogP contribution in [-0.4, -0.2) is 22.2 Å². The Morgan fingerprint density at radius 3 is 1.77 bits per heavy atom. The average molecular weight is 345 g/mol. The molecule has 0 amide bonds. The summed E-state index contributed by atoms with van der Waals surface area (Å²) >= 11 is 0. The van der Waals surface area contributed by atoms with Gasteiger partial charge >= 0.3 is 11.9 Å². The lowest BCUT2D eigenvalue weighted by atomic mass is 9.90. The summed E-state index contributed by atoms with van der Waals surface area (Å²) in [6.45, 7) is 0. The lowest BCUT2D eigenvalue weighted by molar-refractivity contribution is 0.0687. The number of hydrogen-bond acceptors (Lipinski definition) is 4. The van der Waals surface area contributed by atoms with Gasteiger partial charge in [-0.3, -0.25) is 9.59 Å². The Morgan fingerprint density at radius 1 is 0.769 bits per heavy atom. The van der Waals surface area contributed by atoms with Gasteiger partial charge in [0.05, 0.1) is 11.1 Å². The lowest BCUT2D eigenvalue weighted by Crippen LogP contribution is -2.17. The topological polar surface area (TPSA) is 109 Å². The predicted octanol–water partition coefficient (Wildman–Crippen LogP) is 2.50. The van der Waals surface area contributed by atoms with Crippen molar-refractivity contribution in [3.63, 3.8) is 0 Å². The summed E-state index contributed by atoms with van der Waals surface area (Å²) in [5.41, 5.74) is -2.22. The van der Waals surface area contributed by atoms with Crippen molar-refractivity contribution in [2.75, 3.05) is 0 Å². The van der Waals surface area contributed by atoms with E-state index < -0.39 is 44.7 Å². The number of aromatic carboxylic acids is 2. The molecule has 0 spiro atoms. The molecular formula is C20H9O6. The molecule has 0 atom stereocenters. The average Bonchev–Trinajstić information content (AvgIpc) is 2.63. The number of benzene rings is 3. The minimum absolute atomic E-state index is 0.0210. The molecule has 5 aromatic rings. The minimum Gasteiger partial charge on any atom is -0.478 e. The number of rotatable bonds is 2. The summed E-state index contributed by atoms with van der Waals surface area (Å²) in [4.78, 5) is 49.8. The molecule has 6 heteroatoms. The Bertz CT molecular complexity index is 1240. The minimum atomic E-state index is -1.43. The van der Waals surface area contributed by atoms with E-state index in [1.165, 1.54) is 42.5 Å². The van der Waals surface area contributed by atoms with Gasteiger partial charge in [0.1, 0.15) is 0 Å². The first-order valence-electron chi connectivity index (χ1n) is 7.58. The molecule has 0 aliphatic carbocycles. The fourth-order valence-corrected chi connectivity index (χ4v) is 3.31. The second kappa shape index (κ2) is 5.35. The van der Waals surface area contributed by atoms with Crippen molar-refractivity contribution in [1.29, 1.82) is 0 Å². The van der Waals surface area contributed by atoms with E-state index in [0.29, 0.717) is 0 Å². The zero-order valence-electron chi connectivity index (χ0n) is 13.1. The summed E-state index contributed by atoms with van der Waals surface area (Å²) in [5.74, 6) is -2.85. The highest BCUT2D eigenvalue weighted by Crippen LogP contribution is 2.30. The van der Waals surface area contributed by atoms with Crippen LogP contribution in [0.1, 0.15) is 20.7 Å². The molecule has 6 nitrogen and oxygen atoms in total. The molecule has 5 rings (SSSR count). The van der Waals surface area contributed by atoms with Gasteiger partial charge in [0, 0.05) is 26.9 Å². The Labute approximate surface area is 144 Å². The van der Waals surface area contributed by atoms with Crippen LogP contribution in [0.3, 0.4) is 0 Å². The van der Waals surface area contributed by atoms with Crippen molar-refractivity contribution < 1.29 is 19.8 Å². The van der Waals surface area contributed by atoms with Crippen molar-refractivity contribution >= 4 is 44.3 Å². The van der Waals surface area contributed by atoms with Crippen LogP contribution in [0, 0.1) is 6.07 Å². The van der Waals surface area contributed by atoms with Crippen LogP contribution in [0.4, 0.5) is 0 Å². The molecular weight excluding hydrogens is 336 g/mol. The van der Waals surface area contributed by atoms with Crippen molar-refractivity contribution in [2.24, 2.45) is 0 Å². The fourth-order valence-electron chi connectivity index (χ4n) is 3.31. The monoisotopic (exact) mass is 345 g/mol. The highest BCUT2D eigenvalue weighted by molar-refractivity contribution is 6.24. The molecule has 0 saturated carbocycles. The number of fused-ring (bicyclic) bond motifs is 3. The zero-order chi connectivity index (χ0) is 18.6. The van der Waals surface area contributed by atoms with Gasteiger partial charge < -0.3 is 10.2 Å². The van der Waals surface area contributed by atoms with Crippen molar-refractivity contribution in [1.82, 2.24) is 0 Å². The first kappa shape index (κ1) is 15.7. The summed E-state index contributed by atoms with van der Waals surface area (Å²) in [5, 5.41) is 19.0. The van der Waals surface area contributed by atoms with Gasteiger partial charge in [-0.1, -0.05) is 42.5 Å². The molecule has 0 aromatic heterocycles. The van der Waals surface area contributed by atoms with E-state index in [4.69, 9.17) is 0 Å². The number of hydrogen-bond donors (Lipinski definition) is 2. The highest BCUT2D eigenvalue weighted by Gasteiger charge is 2.25. The van der Waals surface area contributed by atoms with Gasteiger partial charge in [-0.05, 0) is 11.5 Å². The molecule has 2 N–H and O–H groups in total. The van der Waals surface area contributed by atoms with E-state index in [1.807, 2.05) is 0 Å². The van der Waals surface area contributed by atoms with Crippen LogP contribution in [-0.2, 0) is 0 Å². The lowest BCUT2D eigenvalue weighted by Gasteiger charge is -2.11.